The van der Waals surface area contributed by atoms with Gasteiger partial charge in [0.2, 0.25) is 0 Å². The van der Waals surface area contributed by atoms with Gasteiger partial charge in [0.15, 0.2) is 0 Å². The third kappa shape index (κ3) is 3.94. The summed E-state index contributed by atoms with van der Waals surface area (Å²) in [6.45, 7) is 7.42. The first-order valence-corrected chi connectivity index (χ1v) is 7.57. The Morgan fingerprint density at radius 2 is 2.00 bits per heavy atom. The van der Waals surface area contributed by atoms with Gasteiger partial charge in [0, 0.05) is 11.6 Å². The van der Waals surface area contributed by atoms with E-state index in [9.17, 15) is 4.39 Å². The van der Waals surface area contributed by atoms with Gasteiger partial charge in [-0.1, -0.05) is 31.5 Å². The molecular weight excluding hydrogens is 275 g/mol. The molecule has 0 aliphatic heterocycles. The van der Waals surface area contributed by atoms with Crippen LogP contribution in [0.3, 0.4) is 0 Å². The lowest BCUT2D eigenvalue weighted by atomic mass is 9.84. The number of nitrogens with zero attached hydrogens (tertiary/aromatic N) is 1. The summed E-state index contributed by atoms with van der Waals surface area (Å²) in [4.78, 5) is 2.24. The first-order chi connectivity index (χ1) is 9.35. The molecule has 0 fully saturated rings. The molecule has 4 heteroatoms. The van der Waals surface area contributed by atoms with E-state index in [1.54, 1.807) is 12.1 Å². The molecule has 114 valence electrons. The summed E-state index contributed by atoms with van der Waals surface area (Å²) in [5.41, 5.74) is 0.992. The first kappa shape index (κ1) is 17.4. The van der Waals surface area contributed by atoms with Gasteiger partial charge in [-0.25, -0.2) is 4.39 Å². The highest BCUT2D eigenvalue weighted by Crippen LogP contribution is 2.25. The fourth-order valence-corrected chi connectivity index (χ4v) is 2.65. The van der Waals surface area contributed by atoms with Crippen molar-refractivity contribution in [1.82, 2.24) is 10.2 Å². The second kappa shape index (κ2) is 7.39. The third-order valence-corrected chi connectivity index (χ3v) is 4.67. The zero-order valence-corrected chi connectivity index (χ0v) is 13.9. The van der Waals surface area contributed by atoms with E-state index < -0.39 is 0 Å². The Balaban J connectivity index is 2.99. The fraction of sp³-hybridized carbons (Fsp3) is 0.625. The molecule has 0 amide bonds. The molecule has 0 saturated heterocycles. The summed E-state index contributed by atoms with van der Waals surface area (Å²) < 4.78 is 13.6. The van der Waals surface area contributed by atoms with Crippen molar-refractivity contribution in [3.05, 3.63) is 34.6 Å². The van der Waals surface area contributed by atoms with Gasteiger partial charge < -0.3 is 10.2 Å². The maximum absolute atomic E-state index is 13.6. The van der Waals surface area contributed by atoms with Crippen LogP contribution in [0, 0.1) is 5.82 Å². The van der Waals surface area contributed by atoms with E-state index in [0.29, 0.717) is 0 Å². The van der Waals surface area contributed by atoms with Crippen LogP contribution in [0.1, 0.15) is 32.8 Å². The first-order valence-electron chi connectivity index (χ1n) is 7.19. The van der Waals surface area contributed by atoms with Crippen LogP contribution in [-0.2, 0) is 6.42 Å². The molecule has 0 spiro atoms. The highest BCUT2D eigenvalue weighted by Gasteiger charge is 2.34. The molecule has 1 N–H and O–H groups in total. The molecule has 0 heterocycles. The van der Waals surface area contributed by atoms with Crippen molar-refractivity contribution in [2.75, 3.05) is 20.6 Å². The number of nitrogens with one attached hydrogen (secondary N) is 1. The summed E-state index contributed by atoms with van der Waals surface area (Å²) in [5.74, 6) is -0.345. The highest BCUT2D eigenvalue weighted by molar-refractivity contribution is 6.30. The van der Waals surface area contributed by atoms with Crippen molar-refractivity contribution in [3.63, 3.8) is 0 Å². The van der Waals surface area contributed by atoms with Crippen LogP contribution in [0.2, 0.25) is 5.02 Å². The second-order valence-electron chi connectivity index (χ2n) is 5.67. The van der Waals surface area contributed by atoms with Gasteiger partial charge in [-0.15, -0.1) is 0 Å². The summed E-state index contributed by atoms with van der Waals surface area (Å²) >= 11 is 5.75. The molecule has 0 aliphatic carbocycles. The Kier molecular flexibility index (Phi) is 6.44. The lowest BCUT2D eigenvalue weighted by Gasteiger charge is -2.43. The minimum absolute atomic E-state index is 0.0200. The number of benzene rings is 1. The molecule has 20 heavy (non-hydrogen) atoms. The molecule has 0 saturated carbocycles. The van der Waals surface area contributed by atoms with Crippen molar-refractivity contribution in [1.29, 1.82) is 0 Å². The fourth-order valence-electron chi connectivity index (χ4n) is 2.53. The number of hydrogen-bond acceptors (Lipinski definition) is 2. The summed E-state index contributed by atoms with van der Waals surface area (Å²) in [5, 5.41) is 3.72. The van der Waals surface area contributed by atoms with Gasteiger partial charge in [0.1, 0.15) is 5.82 Å². The Morgan fingerprint density at radius 1 is 1.35 bits per heavy atom. The second-order valence-corrected chi connectivity index (χ2v) is 6.08. The van der Waals surface area contributed by atoms with Crippen molar-refractivity contribution in [2.45, 2.75) is 45.2 Å². The van der Waals surface area contributed by atoms with Crippen molar-refractivity contribution < 1.29 is 4.39 Å². The van der Waals surface area contributed by atoms with Crippen LogP contribution < -0.4 is 5.32 Å². The maximum atomic E-state index is 13.6. The number of rotatable bonds is 7. The van der Waals surface area contributed by atoms with Gasteiger partial charge in [-0.3, -0.25) is 0 Å². The third-order valence-electron chi connectivity index (χ3n) is 4.36. The van der Waals surface area contributed by atoms with E-state index in [4.69, 9.17) is 11.6 Å². The minimum atomic E-state index is -0.345. The SMILES string of the molecule is CCNC(Cc1ccc(Cl)c(F)c1)C(C)(CC)N(C)C. The summed E-state index contributed by atoms with van der Waals surface area (Å²) in [6, 6.07) is 5.33. The number of halogens is 2. The van der Waals surface area contributed by atoms with E-state index in [1.807, 2.05) is 6.07 Å². The van der Waals surface area contributed by atoms with Gasteiger partial charge in [0.05, 0.1) is 5.02 Å². The van der Waals surface area contributed by atoms with Crippen molar-refractivity contribution in [3.8, 4) is 0 Å². The van der Waals surface area contributed by atoms with E-state index in [-0.39, 0.29) is 22.4 Å². The van der Waals surface area contributed by atoms with Crippen LogP contribution in [0.4, 0.5) is 4.39 Å². The smallest absolute Gasteiger partial charge is 0.142 e. The molecule has 2 atom stereocenters. The van der Waals surface area contributed by atoms with Gasteiger partial charge in [-0.05, 0) is 58.1 Å². The van der Waals surface area contributed by atoms with E-state index in [0.717, 1.165) is 24.9 Å². The zero-order valence-electron chi connectivity index (χ0n) is 13.1. The van der Waals surface area contributed by atoms with E-state index in [2.05, 4.69) is 45.1 Å². The number of likely N-dealkylation sites (N-methyl/N-ethyl adjacent to an activating group) is 2. The maximum Gasteiger partial charge on any atom is 0.142 e. The molecule has 0 aliphatic rings. The standard InChI is InChI=1S/C16H26ClFN2/c1-6-16(3,20(4)5)15(19-7-2)11-12-8-9-13(17)14(18)10-12/h8-10,15,19H,6-7,11H2,1-5H3. The molecule has 0 bridgehead atoms. The number of hydrogen-bond donors (Lipinski definition) is 1. The predicted molar refractivity (Wildman–Crippen MR) is 85.0 cm³/mol. The van der Waals surface area contributed by atoms with Crippen LogP contribution in [0.25, 0.3) is 0 Å². The summed E-state index contributed by atoms with van der Waals surface area (Å²) in [7, 11) is 4.19. The molecule has 0 radical (unpaired) electrons. The molecule has 2 nitrogen and oxygen atoms in total. The average Bonchev–Trinajstić information content (AvgIpc) is 2.41. The van der Waals surface area contributed by atoms with Crippen LogP contribution in [-0.4, -0.2) is 37.1 Å². The minimum Gasteiger partial charge on any atom is -0.312 e. The van der Waals surface area contributed by atoms with Gasteiger partial charge >= 0.3 is 0 Å². The molecular formula is C16H26ClFN2. The Morgan fingerprint density at radius 3 is 2.45 bits per heavy atom. The van der Waals surface area contributed by atoms with Crippen LogP contribution >= 0.6 is 11.6 Å². The Bertz CT molecular complexity index is 436. The lowest BCUT2D eigenvalue weighted by Crippen LogP contribution is -2.57. The predicted octanol–water partition coefficient (Wildman–Crippen LogP) is 3.73. The monoisotopic (exact) mass is 300 g/mol. The highest BCUT2D eigenvalue weighted by atomic mass is 35.5. The summed E-state index contributed by atoms with van der Waals surface area (Å²) in [6.07, 6.45) is 1.80. The zero-order chi connectivity index (χ0) is 15.3. The van der Waals surface area contributed by atoms with Gasteiger partial charge in [-0.2, -0.15) is 0 Å². The molecule has 1 aromatic rings. The topological polar surface area (TPSA) is 15.3 Å². The average molecular weight is 301 g/mol. The molecule has 1 rings (SSSR count). The quantitative estimate of drug-likeness (QED) is 0.825. The molecule has 0 aromatic heterocycles. The normalized spacial score (nSPS) is 16.2. The Labute approximate surface area is 127 Å². The van der Waals surface area contributed by atoms with Crippen molar-refractivity contribution in [2.24, 2.45) is 0 Å². The van der Waals surface area contributed by atoms with E-state index >= 15 is 0 Å². The van der Waals surface area contributed by atoms with Crippen LogP contribution in [0.5, 0.6) is 0 Å². The largest absolute Gasteiger partial charge is 0.312 e. The van der Waals surface area contributed by atoms with Crippen LogP contribution in [0.15, 0.2) is 18.2 Å². The van der Waals surface area contributed by atoms with E-state index in [1.165, 1.54) is 0 Å². The Hall–Kier alpha value is -0.640. The molecule has 1 aromatic carbocycles. The van der Waals surface area contributed by atoms with Gasteiger partial charge in [0.25, 0.3) is 0 Å². The lowest BCUT2D eigenvalue weighted by molar-refractivity contribution is 0.113. The van der Waals surface area contributed by atoms with Crippen molar-refractivity contribution >= 4 is 11.6 Å². The molecule has 2 unspecified atom stereocenters.